The number of carbonyl (C=O) groups is 4. The highest BCUT2D eigenvalue weighted by atomic mass is 16.5. The normalized spacial score (nSPS) is 17.9. The molecule has 0 aliphatic carbocycles. The van der Waals surface area contributed by atoms with E-state index in [9.17, 15) is 19.2 Å². The zero-order chi connectivity index (χ0) is 39.9. The van der Waals surface area contributed by atoms with Gasteiger partial charge in [0, 0.05) is 38.0 Å². The predicted octanol–water partition coefficient (Wildman–Crippen LogP) is 7.00. The zero-order valence-corrected chi connectivity index (χ0v) is 33.1. The average Bonchev–Trinajstić information content (AvgIpc) is 4.04. The molecule has 56 heavy (non-hydrogen) atoms. The van der Waals surface area contributed by atoms with Gasteiger partial charge in [-0.1, -0.05) is 76.2 Å². The Labute approximate surface area is 328 Å². The fraction of sp³-hybridized carbons (Fsp3) is 0.476. The van der Waals surface area contributed by atoms with Crippen LogP contribution in [0.1, 0.15) is 90.0 Å². The van der Waals surface area contributed by atoms with Gasteiger partial charge in [-0.05, 0) is 59.8 Å². The predicted molar refractivity (Wildman–Crippen MR) is 212 cm³/mol. The van der Waals surface area contributed by atoms with Gasteiger partial charge >= 0.3 is 12.2 Å². The molecular formula is C42H54N8O6. The summed E-state index contributed by atoms with van der Waals surface area (Å²) >= 11 is 0. The number of imidazole rings is 2. The number of hydrogen-bond donors (Lipinski definition) is 4. The van der Waals surface area contributed by atoms with Gasteiger partial charge in [0.2, 0.25) is 11.8 Å². The molecule has 14 heteroatoms. The maximum absolute atomic E-state index is 13.4. The highest BCUT2D eigenvalue weighted by molar-refractivity contribution is 5.79. The number of nitrogens with one attached hydrogen (secondary N) is 4. The highest BCUT2D eigenvalue weighted by Gasteiger charge is 2.35. The fourth-order valence-corrected chi connectivity index (χ4v) is 7.63. The molecule has 0 radical (unpaired) electrons. The van der Waals surface area contributed by atoms with E-state index in [1.165, 1.54) is 14.2 Å². The molecule has 6 rings (SSSR count). The molecule has 4 N–H and O–H groups in total. The van der Waals surface area contributed by atoms with Crippen molar-refractivity contribution in [3.63, 3.8) is 0 Å². The Morgan fingerprint density at radius 3 is 1.34 bits per heavy atom. The van der Waals surface area contributed by atoms with Crippen molar-refractivity contribution < 1.29 is 28.7 Å². The molecule has 14 nitrogen and oxygen atoms in total. The van der Waals surface area contributed by atoms with Crippen LogP contribution in [0.2, 0.25) is 0 Å². The van der Waals surface area contributed by atoms with Gasteiger partial charge in [0.05, 0.1) is 50.1 Å². The molecule has 1 unspecified atom stereocenters. The lowest BCUT2D eigenvalue weighted by Gasteiger charge is -2.27. The van der Waals surface area contributed by atoms with Crippen LogP contribution in [0.5, 0.6) is 0 Å². The number of benzene rings is 2. The van der Waals surface area contributed by atoms with E-state index in [1.807, 2.05) is 49.9 Å². The second-order valence-corrected chi connectivity index (χ2v) is 15.4. The molecule has 0 bridgehead atoms. The lowest BCUT2D eigenvalue weighted by atomic mass is 10.00. The number of H-pyrrole nitrogens is 2. The van der Waals surface area contributed by atoms with E-state index in [1.54, 1.807) is 0 Å². The quantitative estimate of drug-likeness (QED) is 0.113. The number of rotatable bonds is 13. The summed E-state index contributed by atoms with van der Waals surface area (Å²) in [6.07, 6.45) is 6.37. The van der Waals surface area contributed by atoms with E-state index in [0.29, 0.717) is 13.1 Å². The summed E-state index contributed by atoms with van der Waals surface area (Å²) in [5, 5.41) is 5.59. The number of methoxy groups -OCH3 is 2. The van der Waals surface area contributed by atoms with Crippen LogP contribution in [0.25, 0.3) is 33.6 Å². The summed E-state index contributed by atoms with van der Waals surface area (Å²) in [6.45, 7) is 9.19. The summed E-state index contributed by atoms with van der Waals surface area (Å²) in [7, 11) is 2.64. The molecule has 2 aromatic heterocycles. The molecule has 4 heterocycles. The van der Waals surface area contributed by atoms with E-state index in [0.717, 1.165) is 71.0 Å². The molecule has 298 valence electrons. The standard InChI is InChI=1S/C42H54N8O6/c1-25(2)31(47-41(53)55-5)21-37(51)49-19-7-9-35(49)39-43-23-33(45-39)29-15-11-27(12-16-29)28-13-17-30(18-14-28)34-24-44-40(46-34)36-10-8-20-50(36)38(52)22-32(26(3)4)48-42(54)56-6/h11-18,23-26,31-32,35-36H,7-10,19-22H2,1-6H3,(H,43,45)(H,44,46)(H,47,53)(H,48,54)/t31-,32?,35+,36+/m1/s1. The van der Waals surface area contributed by atoms with Gasteiger partial charge in [0.1, 0.15) is 11.6 Å². The van der Waals surface area contributed by atoms with E-state index in [2.05, 4.69) is 79.1 Å². The Morgan fingerprint density at radius 2 is 1.00 bits per heavy atom. The number of hydrogen-bond acceptors (Lipinski definition) is 8. The van der Waals surface area contributed by atoms with Gasteiger partial charge in [0.15, 0.2) is 0 Å². The number of ether oxygens (including phenoxy) is 2. The first kappa shape index (κ1) is 40.0. The first-order valence-corrected chi connectivity index (χ1v) is 19.5. The second-order valence-electron chi connectivity index (χ2n) is 15.4. The van der Waals surface area contributed by atoms with Crippen LogP contribution in [-0.2, 0) is 19.1 Å². The lowest BCUT2D eigenvalue weighted by molar-refractivity contribution is -0.133. The molecule has 2 aromatic carbocycles. The SMILES string of the molecule is COC(=O)NC(CC(=O)N1CCC[C@H]1c1ncc(-c2ccc(-c3ccc(-c4cnc([C@@H]5CCCN5C(=O)C[C@@H](NC(=O)OC)C(C)C)[nH]4)cc3)cc2)[nH]1)C(C)C. The van der Waals surface area contributed by atoms with Crippen molar-refractivity contribution in [2.75, 3.05) is 27.3 Å². The molecule has 2 saturated heterocycles. The van der Waals surface area contributed by atoms with Gasteiger partial charge in [-0.25, -0.2) is 19.6 Å². The van der Waals surface area contributed by atoms with Crippen molar-refractivity contribution in [1.29, 1.82) is 0 Å². The molecule has 4 amide bonds. The molecule has 2 aliphatic rings. The minimum Gasteiger partial charge on any atom is -0.453 e. The van der Waals surface area contributed by atoms with E-state index in [-0.39, 0.29) is 60.7 Å². The number of alkyl carbamates (subject to hydrolysis) is 2. The average molecular weight is 767 g/mol. The number of carbonyl (C=O) groups excluding carboxylic acids is 4. The van der Waals surface area contributed by atoms with Crippen molar-refractivity contribution in [3.05, 3.63) is 72.6 Å². The van der Waals surface area contributed by atoms with E-state index in [4.69, 9.17) is 9.47 Å². The smallest absolute Gasteiger partial charge is 0.407 e. The number of aromatic amines is 2. The molecule has 2 aliphatic heterocycles. The Morgan fingerprint density at radius 1 is 0.643 bits per heavy atom. The van der Waals surface area contributed by atoms with Crippen molar-refractivity contribution in [2.24, 2.45) is 11.8 Å². The number of nitrogens with zero attached hydrogens (tertiary/aromatic N) is 4. The van der Waals surface area contributed by atoms with Crippen molar-refractivity contribution in [3.8, 4) is 33.6 Å². The van der Waals surface area contributed by atoms with Gasteiger partial charge in [-0.3, -0.25) is 9.59 Å². The molecule has 0 spiro atoms. The third kappa shape index (κ3) is 9.23. The largest absolute Gasteiger partial charge is 0.453 e. The first-order chi connectivity index (χ1) is 26.9. The minimum absolute atomic E-state index is 0.0147. The van der Waals surface area contributed by atoms with Gasteiger partial charge in [-0.15, -0.1) is 0 Å². The van der Waals surface area contributed by atoms with Crippen molar-refractivity contribution in [1.82, 2.24) is 40.4 Å². The first-order valence-electron chi connectivity index (χ1n) is 19.5. The van der Waals surface area contributed by atoms with Crippen molar-refractivity contribution >= 4 is 24.0 Å². The summed E-state index contributed by atoms with van der Waals surface area (Å²) in [5.41, 5.74) is 5.88. The summed E-state index contributed by atoms with van der Waals surface area (Å²) in [4.78, 5) is 70.5. The summed E-state index contributed by atoms with van der Waals surface area (Å²) in [6, 6.07) is 15.7. The Kier molecular flexibility index (Phi) is 12.8. The summed E-state index contributed by atoms with van der Waals surface area (Å²) < 4.78 is 9.52. The molecular weight excluding hydrogens is 713 g/mol. The lowest BCUT2D eigenvalue weighted by Crippen LogP contribution is -2.43. The van der Waals surface area contributed by atoms with Crippen LogP contribution in [0.3, 0.4) is 0 Å². The van der Waals surface area contributed by atoms with Crippen LogP contribution in [0.4, 0.5) is 9.59 Å². The topological polar surface area (TPSA) is 175 Å². The molecule has 4 atom stereocenters. The Bertz CT molecular complexity index is 1830. The van der Waals surface area contributed by atoms with Crippen LogP contribution in [0.15, 0.2) is 60.9 Å². The van der Waals surface area contributed by atoms with Gasteiger partial charge < -0.3 is 39.9 Å². The van der Waals surface area contributed by atoms with E-state index < -0.39 is 12.2 Å². The van der Waals surface area contributed by atoms with E-state index >= 15 is 0 Å². The Balaban J connectivity index is 1.07. The molecule has 2 fully saturated rings. The monoisotopic (exact) mass is 766 g/mol. The molecule has 4 aromatic rings. The third-order valence-electron chi connectivity index (χ3n) is 11.1. The van der Waals surface area contributed by atoms with Crippen LogP contribution < -0.4 is 10.6 Å². The maximum atomic E-state index is 13.4. The number of aromatic nitrogens is 4. The fourth-order valence-electron chi connectivity index (χ4n) is 7.63. The second kappa shape index (κ2) is 17.9. The maximum Gasteiger partial charge on any atom is 0.407 e. The molecule has 0 saturated carbocycles. The van der Waals surface area contributed by atoms with Crippen LogP contribution in [0, 0.1) is 11.8 Å². The Hall–Kier alpha value is -5.66. The zero-order valence-electron chi connectivity index (χ0n) is 33.1. The minimum atomic E-state index is -0.538. The summed E-state index contributed by atoms with van der Waals surface area (Å²) in [5.74, 6) is 1.63. The highest BCUT2D eigenvalue weighted by Crippen LogP contribution is 2.35. The number of amides is 4. The van der Waals surface area contributed by atoms with Crippen LogP contribution in [-0.4, -0.2) is 93.1 Å². The third-order valence-corrected chi connectivity index (χ3v) is 11.1. The van der Waals surface area contributed by atoms with Gasteiger partial charge in [-0.2, -0.15) is 0 Å². The van der Waals surface area contributed by atoms with Gasteiger partial charge in [0.25, 0.3) is 0 Å². The van der Waals surface area contributed by atoms with Crippen LogP contribution >= 0.6 is 0 Å². The number of likely N-dealkylation sites (tertiary alicyclic amines) is 2. The van der Waals surface area contributed by atoms with Crippen molar-refractivity contribution in [2.45, 2.75) is 90.4 Å².